The third-order valence-corrected chi connectivity index (χ3v) is 2.21. The van der Waals surface area contributed by atoms with Gasteiger partial charge in [0.2, 0.25) is 0 Å². The maximum Gasteiger partial charge on any atom is 0.356 e. The molecule has 0 atom stereocenters. The molecule has 104 valence electrons. The van der Waals surface area contributed by atoms with Crippen LogP contribution in [0.5, 0.6) is 0 Å². The van der Waals surface area contributed by atoms with E-state index in [0.29, 0.717) is 26.2 Å². The smallest absolute Gasteiger partial charge is 0.356 e. The number of anilines is 1. The van der Waals surface area contributed by atoms with Gasteiger partial charge in [0.15, 0.2) is 5.69 Å². The number of nitrogens with one attached hydrogen (secondary N) is 2. The summed E-state index contributed by atoms with van der Waals surface area (Å²) in [4.78, 5) is 26.1. The van der Waals surface area contributed by atoms with Gasteiger partial charge in [0, 0.05) is 26.0 Å². The van der Waals surface area contributed by atoms with Gasteiger partial charge in [0.05, 0.1) is 5.69 Å². The molecule has 1 aromatic heterocycles. The van der Waals surface area contributed by atoms with Crippen molar-refractivity contribution in [1.29, 1.82) is 0 Å². The summed E-state index contributed by atoms with van der Waals surface area (Å²) >= 11 is 0. The normalized spacial score (nSPS) is 9.95. The number of hydrogen-bond acceptors (Lipinski definition) is 4. The zero-order valence-corrected chi connectivity index (χ0v) is 10.7. The van der Waals surface area contributed by atoms with Crippen LogP contribution in [0.4, 0.5) is 10.5 Å². The molecule has 3 N–H and O–H groups in total. The molecule has 1 aromatic rings. The summed E-state index contributed by atoms with van der Waals surface area (Å²) in [5, 5.41) is 14.0. The van der Waals surface area contributed by atoms with Gasteiger partial charge in [-0.2, -0.15) is 0 Å². The van der Waals surface area contributed by atoms with Crippen molar-refractivity contribution in [2.45, 2.75) is 13.3 Å². The Kier molecular flexibility index (Phi) is 6.31. The van der Waals surface area contributed by atoms with Gasteiger partial charge in [-0.25, -0.2) is 14.6 Å². The number of aromatic nitrogens is 1. The van der Waals surface area contributed by atoms with Crippen LogP contribution in [0.25, 0.3) is 0 Å². The fourth-order valence-corrected chi connectivity index (χ4v) is 1.36. The molecule has 0 aliphatic carbocycles. The number of ether oxygens (including phenoxy) is 1. The largest absolute Gasteiger partial charge is 0.476 e. The van der Waals surface area contributed by atoms with Crippen molar-refractivity contribution in [3.63, 3.8) is 0 Å². The first-order chi connectivity index (χ1) is 9.15. The number of amides is 2. The number of nitrogens with zero attached hydrogens (tertiary/aromatic N) is 1. The molecule has 0 bridgehead atoms. The Morgan fingerprint density at radius 3 is 2.95 bits per heavy atom. The van der Waals surface area contributed by atoms with Gasteiger partial charge in [-0.15, -0.1) is 0 Å². The van der Waals surface area contributed by atoms with Crippen molar-refractivity contribution in [3.05, 3.63) is 24.0 Å². The van der Waals surface area contributed by atoms with Gasteiger partial charge in [-0.05, 0) is 25.5 Å². The zero-order valence-electron chi connectivity index (χ0n) is 10.7. The number of aromatic carboxylic acids is 1. The molecule has 0 radical (unpaired) electrons. The van der Waals surface area contributed by atoms with E-state index in [-0.39, 0.29) is 11.4 Å². The van der Waals surface area contributed by atoms with E-state index in [2.05, 4.69) is 15.6 Å². The first-order valence-corrected chi connectivity index (χ1v) is 5.96. The van der Waals surface area contributed by atoms with Crippen molar-refractivity contribution in [2.24, 2.45) is 0 Å². The Bertz CT molecular complexity index is 437. The molecule has 19 heavy (non-hydrogen) atoms. The minimum Gasteiger partial charge on any atom is -0.476 e. The summed E-state index contributed by atoms with van der Waals surface area (Å²) in [7, 11) is 0. The van der Waals surface area contributed by atoms with Crippen LogP contribution in [-0.2, 0) is 4.74 Å². The summed E-state index contributed by atoms with van der Waals surface area (Å²) in [5.74, 6) is -1.19. The molecule has 0 aliphatic heterocycles. The maximum atomic E-state index is 11.5. The molecule has 0 spiro atoms. The highest BCUT2D eigenvalue weighted by Gasteiger charge is 2.12. The van der Waals surface area contributed by atoms with Gasteiger partial charge in [-0.3, -0.25) is 0 Å². The molecule has 0 aliphatic rings. The highest BCUT2D eigenvalue weighted by molar-refractivity contribution is 5.98. The Morgan fingerprint density at radius 1 is 1.47 bits per heavy atom. The standard InChI is InChI=1S/C12H17N3O4/c1-2-19-8-4-7-14-12(18)15-9-5-3-6-13-10(9)11(16)17/h3,5-6H,2,4,7-8H2,1H3,(H,16,17)(H2,14,15,18). The number of rotatable bonds is 7. The molecular weight excluding hydrogens is 250 g/mol. The molecule has 0 saturated carbocycles. The van der Waals surface area contributed by atoms with Gasteiger partial charge >= 0.3 is 12.0 Å². The first kappa shape index (κ1) is 14.9. The number of hydrogen-bond donors (Lipinski definition) is 3. The summed E-state index contributed by atoms with van der Waals surface area (Å²) in [6, 6.07) is 2.57. The van der Waals surface area contributed by atoms with Crippen LogP contribution in [0, 0.1) is 0 Å². The quantitative estimate of drug-likeness (QED) is 0.647. The van der Waals surface area contributed by atoms with E-state index < -0.39 is 12.0 Å². The first-order valence-electron chi connectivity index (χ1n) is 5.96. The lowest BCUT2D eigenvalue weighted by Crippen LogP contribution is -2.30. The predicted molar refractivity (Wildman–Crippen MR) is 69.3 cm³/mol. The number of pyridine rings is 1. The molecule has 0 saturated heterocycles. The molecule has 2 amide bonds. The van der Waals surface area contributed by atoms with E-state index in [4.69, 9.17) is 9.84 Å². The van der Waals surface area contributed by atoms with Crippen LogP contribution in [0.2, 0.25) is 0 Å². The fourth-order valence-electron chi connectivity index (χ4n) is 1.36. The summed E-state index contributed by atoms with van der Waals surface area (Å²) < 4.78 is 5.12. The minimum absolute atomic E-state index is 0.164. The second-order valence-corrected chi connectivity index (χ2v) is 3.64. The van der Waals surface area contributed by atoms with E-state index in [1.54, 1.807) is 6.07 Å². The van der Waals surface area contributed by atoms with Crippen molar-refractivity contribution in [2.75, 3.05) is 25.1 Å². The van der Waals surface area contributed by atoms with Gasteiger partial charge < -0.3 is 20.5 Å². The summed E-state index contributed by atoms with van der Waals surface area (Å²) in [6.45, 7) is 3.57. The van der Waals surface area contributed by atoms with E-state index in [1.807, 2.05) is 6.92 Å². The molecule has 7 nitrogen and oxygen atoms in total. The second kappa shape index (κ2) is 8.04. The average Bonchev–Trinajstić information content (AvgIpc) is 2.39. The average molecular weight is 267 g/mol. The van der Waals surface area contributed by atoms with Gasteiger partial charge in [0.25, 0.3) is 0 Å². The molecular formula is C12H17N3O4. The Morgan fingerprint density at radius 2 is 2.26 bits per heavy atom. The Balaban J connectivity index is 2.42. The molecule has 0 unspecified atom stereocenters. The molecule has 0 aromatic carbocycles. The molecule has 0 fully saturated rings. The Hall–Kier alpha value is -2.15. The minimum atomic E-state index is -1.19. The van der Waals surface area contributed by atoms with Gasteiger partial charge in [0.1, 0.15) is 0 Å². The monoisotopic (exact) mass is 267 g/mol. The highest BCUT2D eigenvalue weighted by atomic mass is 16.5. The number of carbonyl (C=O) groups is 2. The SMILES string of the molecule is CCOCCCNC(=O)Nc1cccnc1C(=O)O. The lowest BCUT2D eigenvalue weighted by atomic mass is 10.3. The van der Waals surface area contributed by atoms with Crippen LogP contribution < -0.4 is 10.6 Å². The van der Waals surface area contributed by atoms with Crippen LogP contribution in [0.1, 0.15) is 23.8 Å². The topological polar surface area (TPSA) is 101 Å². The fraction of sp³-hybridized carbons (Fsp3) is 0.417. The number of carboxylic acid groups (broad SMARTS) is 1. The lowest BCUT2D eigenvalue weighted by molar-refractivity contribution is 0.0691. The third-order valence-electron chi connectivity index (χ3n) is 2.21. The van der Waals surface area contributed by atoms with E-state index in [1.165, 1.54) is 12.3 Å². The summed E-state index contributed by atoms with van der Waals surface area (Å²) in [6.07, 6.45) is 2.05. The maximum absolute atomic E-state index is 11.5. The van der Waals surface area contributed by atoms with Crippen LogP contribution in [0.3, 0.4) is 0 Å². The van der Waals surface area contributed by atoms with Crippen molar-refractivity contribution in [3.8, 4) is 0 Å². The number of carboxylic acids is 1. The van der Waals surface area contributed by atoms with Crippen molar-refractivity contribution >= 4 is 17.7 Å². The Labute approximate surface area is 111 Å². The zero-order chi connectivity index (χ0) is 14.1. The highest BCUT2D eigenvalue weighted by Crippen LogP contribution is 2.11. The predicted octanol–water partition coefficient (Wildman–Crippen LogP) is 1.33. The van der Waals surface area contributed by atoms with E-state index >= 15 is 0 Å². The summed E-state index contributed by atoms with van der Waals surface area (Å²) in [5.41, 5.74) is -0.0238. The van der Waals surface area contributed by atoms with Crippen LogP contribution >= 0.6 is 0 Å². The third kappa shape index (κ3) is 5.35. The van der Waals surface area contributed by atoms with Crippen molar-refractivity contribution < 1.29 is 19.4 Å². The second-order valence-electron chi connectivity index (χ2n) is 3.64. The molecule has 1 rings (SSSR count). The van der Waals surface area contributed by atoms with E-state index in [0.717, 1.165) is 0 Å². The van der Waals surface area contributed by atoms with Gasteiger partial charge in [-0.1, -0.05) is 0 Å². The van der Waals surface area contributed by atoms with Crippen molar-refractivity contribution in [1.82, 2.24) is 10.3 Å². The lowest BCUT2D eigenvalue weighted by Gasteiger charge is -2.09. The number of carbonyl (C=O) groups excluding carboxylic acids is 1. The van der Waals surface area contributed by atoms with E-state index in [9.17, 15) is 9.59 Å². The number of urea groups is 1. The van der Waals surface area contributed by atoms with Crippen LogP contribution in [0.15, 0.2) is 18.3 Å². The van der Waals surface area contributed by atoms with Crippen LogP contribution in [-0.4, -0.2) is 41.8 Å². The molecule has 1 heterocycles. The molecule has 7 heteroatoms.